The van der Waals surface area contributed by atoms with Gasteiger partial charge in [-0.2, -0.15) is 0 Å². The topological polar surface area (TPSA) is 51.8 Å². The lowest BCUT2D eigenvalue weighted by Gasteiger charge is -2.35. The van der Waals surface area contributed by atoms with Gasteiger partial charge in [0.1, 0.15) is 11.2 Å². The highest BCUT2D eigenvalue weighted by molar-refractivity contribution is 7.19. The molecule has 0 fully saturated rings. The van der Waals surface area contributed by atoms with Crippen molar-refractivity contribution in [1.29, 1.82) is 0 Å². The van der Waals surface area contributed by atoms with Gasteiger partial charge in [-0.05, 0) is 70.8 Å². The quantitative estimate of drug-likeness (QED) is 0.114. The van der Waals surface area contributed by atoms with Crippen LogP contribution in [0.25, 0.3) is 67.2 Å². The minimum Gasteiger partial charge on any atom is -0.456 e. The molecule has 0 N–H and O–H groups in total. The average Bonchev–Trinajstić information content (AvgIpc) is 3.67. The first kappa shape index (κ1) is 36.1. The molecule has 0 unspecified atom stereocenters. The van der Waals surface area contributed by atoms with Crippen molar-refractivity contribution in [3.8, 4) is 45.3 Å². The van der Waals surface area contributed by atoms with Gasteiger partial charge in [0.2, 0.25) is 0 Å². The van der Waals surface area contributed by atoms with E-state index < -0.39 is 8.07 Å². The van der Waals surface area contributed by atoms with Crippen LogP contribution in [0.2, 0.25) is 0 Å². The van der Waals surface area contributed by atoms with Gasteiger partial charge in [-0.3, -0.25) is 0 Å². The van der Waals surface area contributed by atoms with Gasteiger partial charge in [-0.1, -0.05) is 193 Å². The van der Waals surface area contributed by atoms with Crippen LogP contribution in [0.3, 0.4) is 0 Å². The maximum atomic E-state index is 6.51. The highest BCUT2D eigenvalue weighted by Crippen LogP contribution is 2.38. The standard InChI is InChI=1S/C54H41N3OSi/c1-36-17-26-43(27-18-36)59(44-28-19-37(2)20-29-44,45-30-21-38(3)22-31-45)46-32-23-39(24-33-46)42-25-34-49-48(35-42)51-47(15-10-16-50(51)58-49)54-56-52(40-11-6-4-7-12-40)55-53(57-54)41-13-8-5-9-14-41/h4-35H,1-3H3. The van der Waals surface area contributed by atoms with Gasteiger partial charge in [0.25, 0.3) is 0 Å². The van der Waals surface area contributed by atoms with E-state index in [0.717, 1.165) is 49.8 Å². The van der Waals surface area contributed by atoms with Crippen LogP contribution in [0.5, 0.6) is 0 Å². The fraction of sp³-hybridized carbons (Fsp3) is 0.0556. The number of fused-ring (bicyclic) bond motifs is 3. The summed E-state index contributed by atoms with van der Waals surface area (Å²) in [6.07, 6.45) is 0. The van der Waals surface area contributed by atoms with Crippen molar-refractivity contribution >= 4 is 50.8 Å². The summed E-state index contributed by atoms with van der Waals surface area (Å²) in [5, 5.41) is 7.44. The van der Waals surface area contributed by atoms with Gasteiger partial charge in [0.05, 0.1) is 0 Å². The zero-order valence-corrected chi connectivity index (χ0v) is 34.2. The number of hydrogen-bond acceptors (Lipinski definition) is 4. The van der Waals surface area contributed by atoms with Crippen molar-refractivity contribution in [3.63, 3.8) is 0 Å². The summed E-state index contributed by atoms with van der Waals surface area (Å²) in [5.41, 5.74) is 10.4. The predicted octanol–water partition coefficient (Wildman–Crippen LogP) is 10.7. The maximum Gasteiger partial charge on any atom is 0.179 e. The Kier molecular flexibility index (Phi) is 9.16. The Hall–Kier alpha value is -7.21. The Morgan fingerprint density at radius 2 is 0.797 bits per heavy atom. The average molecular weight is 776 g/mol. The number of rotatable bonds is 8. The lowest BCUT2D eigenvalue weighted by Crippen LogP contribution is -2.74. The number of aryl methyl sites for hydroxylation is 3. The van der Waals surface area contributed by atoms with Gasteiger partial charge in [0, 0.05) is 27.5 Å². The van der Waals surface area contributed by atoms with Crippen molar-refractivity contribution < 1.29 is 4.42 Å². The summed E-state index contributed by atoms with van der Waals surface area (Å²) in [6.45, 7) is 6.49. The molecule has 0 aliphatic rings. The molecule has 4 nitrogen and oxygen atoms in total. The molecule has 2 aromatic heterocycles. The minimum atomic E-state index is -2.70. The molecule has 0 radical (unpaired) electrons. The van der Waals surface area contributed by atoms with E-state index in [2.05, 4.69) is 142 Å². The molecule has 2 heterocycles. The Morgan fingerprint density at radius 3 is 1.29 bits per heavy atom. The summed E-state index contributed by atoms with van der Waals surface area (Å²) < 4.78 is 6.51. The van der Waals surface area contributed by atoms with Crippen LogP contribution in [0.15, 0.2) is 199 Å². The zero-order chi connectivity index (χ0) is 39.9. The molecule has 0 aliphatic carbocycles. The van der Waals surface area contributed by atoms with E-state index >= 15 is 0 Å². The number of aromatic nitrogens is 3. The lowest BCUT2D eigenvalue weighted by atomic mass is 10.0. The normalized spacial score (nSPS) is 11.6. The Morgan fingerprint density at radius 1 is 0.356 bits per heavy atom. The zero-order valence-electron chi connectivity index (χ0n) is 33.2. The minimum absolute atomic E-state index is 0.602. The van der Waals surface area contributed by atoms with E-state index in [1.54, 1.807) is 0 Å². The van der Waals surface area contributed by atoms with Crippen LogP contribution in [-0.4, -0.2) is 23.0 Å². The summed E-state index contributed by atoms with van der Waals surface area (Å²) >= 11 is 0. The third kappa shape index (κ3) is 6.56. The Labute approximate surface area is 345 Å². The Balaban J connectivity index is 1.12. The summed E-state index contributed by atoms with van der Waals surface area (Å²) in [6, 6.07) is 69.8. The summed E-state index contributed by atoms with van der Waals surface area (Å²) in [4.78, 5) is 15.1. The first-order valence-electron chi connectivity index (χ1n) is 20.1. The van der Waals surface area contributed by atoms with E-state index in [1.807, 2.05) is 72.8 Å². The van der Waals surface area contributed by atoms with E-state index in [9.17, 15) is 0 Å². The number of furan rings is 1. The van der Waals surface area contributed by atoms with Crippen LogP contribution in [-0.2, 0) is 0 Å². The van der Waals surface area contributed by atoms with E-state index in [4.69, 9.17) is 19.4 Å². The van der Waals surface area contributed by atoms with Crippen LogP contribution in [0.1, 0.15) is 16.7 Å². The summed E-state index contributed by atoms with van der Waals surface area (Å²) in [5.74, 6) is 1.86. The largest absolute Gasteiger partial charge is 0.456 e. The SMILES string of the molecule is Cc1ccc([Si](c2ccc(C)cc2)(c2ccc(C)cc2)c2ccc(-c3ccc4oc5cccc(-c6nc(-c7ccccc7)nc(-c7ccccc7)n6)c5c4c3)cc2)cc1. The highest BCUT2D eigenvalue weighted by atomic mass is 28.3. The van der Waals surface area contributed by atoms with Crippen LogP contribution >= 0.6 is 0 Å². The molecule has 0 aliphatic heterocycles. The third-order valence-corrected chi connectivity index (χ3v) is 16.3. The first-order chi connectivity index (χ1) is 28.9. The maximum absolute atomic E-state index is 6.51. The van der Waals surface area contributed by atoms with Gasteiger partial charge >= 0.3 is 0 Å². The van der Waals surface area contributed by atoms with Gasteiger partial charge in [-0.25, -0.2) is 15.0 Å². The van der Waals surface area contributed by atoms with Gasteiger partial charge in [0.15, 0.2) is 25.5 Å². The molecule has 0 saturated heterocycles. The monoisotopic (exact) mass is 775 g/mol. The van der Waals surface area contributed by atoms with Gasteiger partial charge in [-0.15, -0.1) is 0 Å². The molecule has 5 heteroatoms. The number of benzene rings is 8. The second-order valence-electron chi connectivity index (χ2n) is 15.5. The summed E-state index contributed by atoms with van der Waals surface area (Å²) in [7, 11) is -2.70. The molecule has 0 saturated carbocycles. The van der Waals surface area contributed by atoms with Crippen molar-refractivity contribution in [3.05, 3.63) is 211 Å². The molecular formula is C54H41N3OSi. The third-order valence-electron chi connectivity index (χ3n) is 11.5. The van der Waals surface area contributed by atoms with Crippen molar-refractivity contribution in [1.82, 2.24) is 15.0 Å². The molecule has 282 valence electrons. The fourth-order valence-corrected chi connectivity index (χ4v) is 13.1. The first-order valence-corrected chi connectivity index (χ1v) is 22.1. The molecule has 0 bridgehead atoms. The number of nitrogens with zero attached hydrogens (tertiary/aromatic N) is 3. The molecular weight excluding hydrogens is 735 g/mol. The molecule has 10 rings (SSSR count). The van der Waals surface area contributed by atoms with Crippen LogP contribution in [0.4, 0.5) is 0 Å². The second kappa shape index (κ2) is 14.9. The van der Waals surface area contributed by atoms with Crippen molar-refractivity contribution in [2.24, 2.45) is 0 Å². The molecule has 0 spiro atoms. The smallest absolute Gasteiger partial charge is 0.179 e. The van der Waals surface area contributed by atoms with Crippen molar-refractivity contribution in [2.45, 2.75) is 20.8 Å². The van der Waals surface area contributed by atoms with E-state index in [1.165, 1.54) is 37.4 Å². The molecule has 0 atom stereocenters. The van der Waals surface area contributed by atoms with E-state index in [0.29, 0.717) is 17.5 Å². The second-order valence-corrected chi connectivity index (χ2v) is 19.3. The predicted molar refractivity (Wildman–Crippen MR) is 247 cm³/mol. The lowest BCUT2D eigenvalue weighted by molar-refractivity contribution is 0.669. The van der Waals surface area contributed by atoms with E-state index in [-0.39, 0.29) is 0 Å². The van der Waals surface area contributed by atoms with Crippen LogP contribution in [0, 0.1) is 20.8 Å². The molecule has 8 aromatic carbocycles. The molecule has 59 heavy (non-hydrogen) atoms. The van der Waals surface area contributed by atoms with Crippen LogP contribution < -0.4 is 20.7 Å². The number of hydrogen-bond donors (Lipinski definition) is 0. The van der Waals surface area contributed by atoms with Crippen molar-refractivity contribution in [2.75, 3.05) is 0 Å². The van der Waals surface area contributed by atoms with Gasteiger partial charge < -0.3 is 4.42 Å². The Bertz CT molecular complexity index is 2920. The molecule has 10 aromatic rings. The molecule has 0 amide bonds. The highest BCUT2D eigenvalue weighted by Gasteiger charge is 2.41. The fourth-order valence-electron chi connectivity index (χ4n) is 8.45.